The summed E-state index contributed by atoms with van der Waals surface area (Å²) >= 11 is 0. The van der Waals surface area contributed by atoms with Gasteiger partial charge in [0.15, 0.2) is 0 Å². The topological polar surface area (TPSA) is 57.6 Å². The van der Waals surface area contributed by atoms with Crippen molar-refractivity contribution in [2.24, 2.45) is 5.41 Å². The molecule has 134 valence electrons. The summed E-state index contributed by atoms with van der Waals surface area (Å²) in [5.74, 6) is -1.46. The third kappa shape index (κ3) is 2.77. The number of piperidine rings is 1. The minimum absolute atomic E-state index is 0.307. The highest BCUT2D eigenvalue weighted by molar-refractivity contribution is 5.90. The van der Waals surface area contributed by atoms with Crippen molar-refractivity contribution in [3.63, 3.8) is 0 Å². The lowest BCUT2D eigenvalue weighted by Gasteiger charge is -2.30. The minimum Gasteiger partial charge on any atom is -0.478 e. The number of likely N-dealkylation sites (tertiary alicyclic amines) is 1. The summed E-state index contributed by atoms with van der Waals surface area (Å²) < 4.78 is 14.4. The van der Waals surface area contributed by atoms with E-state index < -0.39 is 11.8 Å². The normalized spacial score (nSPS) is 20.8. The van der Waals surface area contributed by atoms with Crippen molar-refractivity contribution in [1.29, 1.82) is 0 Å². The summed E-state index contributed by atoms with van der Waals surface area (Å²) in [6.45, 7) is 1.65. The van der Waals surface area contributed by atoms with Crippen molar-refractivity contribution < 1.29 is 19.1 Å². The zero-order valence-corrected chi connectivity index (χ0v) is 14.3. The number of amides is 1. The van der Waals surface area contributed by atoms with Crippen LogP contribution >= 0.6 is 0 Å². The molecule has 1 N–H and O–H groups in total. The number of carboxylic acids is 1. The molecule has 0 unspecified atom stereocenters. The molecule has 0 radical (unpaired) electrons. The van der Waals surface area contributed by atoms with Crippen LogP contribution in [-0.2, 0) is 4.79 Å². The number of rotatable bonds is 4. The van der Waals surface area contributed by atoms with Crippen molar-refractivity contribution >= 4 is 12.4 Å². The number of nitrogens with zero attached hydrogens (tertiary/aromatic N) is 1. The molecular weight excluding hydrogens is 333 g/mol. The molecule has 4 rings (SSSR count). The maximum absolute atomic E-state index is 14.4. The van der Waals surface area contributed by atoms with E-state index in [2.05, 4.69) is 0 Å². The lowest BCUT2D eigenvalue weighted by Crippen LogP contribution is -2.33. The van der Waals surface area contributed by atoms with Gasteiger partial charge in [0.1, 0.15) is 5.82 Å². The molecule has 1 saturated heterocycles. The van der Waals surface area contributed by atoms with Gasteiger partial charge in [-0.3, -0.25) is 4.79 Å². The first-order valence-electron chi connectivity index (χ1n) is 8.85. The molecule has 26 heavy (non-hydrogen) atoms. The van der Waals surface area contributed by atoms with Crippen LogP contribution in [0.3, 0.4) is 0 Å². The maximum atomic E-state index is 14.4. The predicted octanol–water partition coefficient (Wildman–Crippen LogP) is 3.92. The molecule has 1 heterocycles. The van der Waals surface area contributed by atoms with Crippen molar-refractivity contribution in [1.82, 2.24) is 4.90 Å². The van der Waals surface area contributed by atoms with E-state index >= 15 is 0 Å². The quantitative estimate of drug-likeness (QED) is 0.848. The second-order valence-corrected chi connectivity index (χ2v) is 7.35. The molecule has 1 amide bonds. The Kier molecular flexibility index (Phi) is 4.02. The van der Waals surface area contributed by atoms with Crippen LogP contribution in [-0.4, -0.2) is 35.5 Å². The molecule has 2 aliphatic rings. The van der Waals surface area contributed by atoms with Crippen LogP contribution < -0.4 is 0 Å². The van der Waals surface area contributed by atoms with Gasteiger partial charge in [-0.05, 0) is 47.8 Å². The third-order valence-electron chi connectivity index (χ3n) is 5.99. The molecule has 4 nitrogen and oxygen atoms in total. The lowest BCUT2D eigenvalue weighted by atomic mass is 9.88. The van der Waals surface area contributed by atoms with Crippen molar-refractivity contribution in [2.75, 3.05) is 13.1 Å². The standard InChI is InChI=1S/C21H20FNO3/c22-19-16(2-1-3-17(19)20(25)26)14-4-6-15(7-5-14)18-12-21(18)8-10-23(13-24)11-9-21/h1-7,13,18H,8-12H2,(H,25,26)/t18-/m0/s1. The first-order chi connectivity index (χ1) is 12.5. The Balaban J connectivity index is 1.53. The summed E-state index contributed by atoms with van der Waals surface area (Å²) in [6, 6.07) is 12.2. The van der Waals surface area contributed by atoms with E-state index in [-0.39, 0.29) is 5.56 Å². The zero-order chi connectivity index (χ0) is 18.3. The van der Waals surface area contributed by atoms with E-state index in [4.69, 9.17) is 5.11 Å². The molecule has 2 aromatic rings. The van der Waals surface area contributed by atoms with Gasteiger partial charge in [-0.2, -0.15) is 0 Å². The number of carbonyl (C=O) groups excluding carboxylic acids is 1. The van der Waals surface area contributed by atoms with E-state index in [0.717, 1.165) is 38.8 Å². The fourth-order valence-corrected chi connectivity index (χ4v) is 4.26. The molecule has 5 heteroatoms. The van der Waals surface area contributed by atoms with Gasteiger partial charge >= 0.3 is 5.97 Å². The Labute approximate surface area is 151 Å². The van der Waals surface area contributed by atoms with Crippen molar-refractivity contribution in [2.45, 2.75) is 25.2 Å². The number of halogens is 1. The van der Waals surface area contributed by atoms with Gasteiger partial charge in [0.2, 0.25) is 6.41 Å². The molecule has 0 aromatic heterocycles. The summed E-state index contributed by atoms with van der Waals surface area (Å²) in [7, 11) is 0. The molecule has 2 fully saturated rings. The largest absolute Gasteiger partial charge is 0.478 e. The Morgan fingerprint density at radius 1 is 1.15 bits per heavy atom. The summed E-state index contributed by atoms with van der Waals surface area (Å²) in [5.41, 5.74) is 2.23. The first-order valence-corrected chi connectivity index (χ1v) is 8.85. The second-order valence-electron chi connectivity index (χ2n) is 7.35. The fourth-order valence-electron chi connectivity index (χ4n) is 4.26. The number of hydrogen-bond acceptors (Lipinski definition) is 2. The number of hydrogen-bond donors (Lipinski definition) is 1. The number of carboxylic acid groups (broad SMARTS) is 1. The number of carbonyl (C=O) groups is 2. The summed E-state index contributed by atoms with van der Waals surface area (Å²) in [6.07, 6.45) is 4.14. The van der Waals surface area contributed by atoms with Crippen molar-refractivity contribution in [3.8, 4) is 11.1 Å². The fraction of sp³-hybridized carbons (Fsp3) is 0.333. The summed E-state index contributed by atoms with van der Waals surface area (Å²) in [5, 5.41) is 9.07. The molecule has 1 atom stereocenters. The van der Waals surface area contributed by atoms with Gasteiger partial charge in [-0.15, -0.1) is 0 Å². The first kappa shape index (κ1) is 16.8. The lowest BCUT2D eigenvalue weighted by molar-refractivity contribution is -0.119. The molecule has 0 bridgehead atoms. The van der Waals surface area contributed by atoms with Crippen LogP contribution in [0.1, 0.15) is 41.1 Å². The van der Waals surface area contributed by atoms with Gasteiger partial charge in [0, 0.05) is 18.7 Å². The Hall–Kier alpha value is -2.69. The molecule has 1 aliphatic carbocycles. The SMILES string of the molecule is O=CN1CCC2(CC1)C[C@H]2c1ccc(-c2cccc(C(=O)O)c2F)cc1. The van der Waals surface area contributed by atoms with Crippen LogP contribution in [0.2, 0.25) is 0 Å². The third-order valence-corrected chi connectivity index (χ3v) is 5.99. The van der Waals surface area contributed by atoms with Crippen LogP contribution in [0.5, 0.6) is 0 Å². The van der Waals surface area contributed by atoms with Gasteiger partial charge in [0.05, 0.1) is 5.56 Å². The monoisotopic (exact) mass is 353 g/mol. The van der Waals surface area contributed by atoms with Gasteiger partial charge in [-0.25, -0.2) is 9.18 Å². The molecular formula is C21H20FNO3. The van der Waals surface area contributed by atoms with Gasteiger partial charge in [0.25, 0.3) is 0 Å². The average Bonchev–Trinajstić information content (AvgIpc) is 3.36. The van der Waals surface area contributed by atoms with Crippen LogP contribution in [0.25, 0.3) is 11.1 Å². The Morgan fingerprint density at radius 2 is 1.85 bits per heavy atom. The Bertz CT molecular complexity index is 854. The van der Waals surface area contributed by atoms with E-state index in [1.165, 1.54) is 11.6 Å². The van der Waals surface area contributed by atoms with Crippen LogP contribution in [0, 0.1) is 11.2 Å². The Morgan fingerprint density at radius 3 is 2.46 bits per heavy atom. The average molecular weight is 353 g/mol. The highest BCUT2D eigenvalue weighted by atomic mass is 19.1. The van der Waals surface area contributed by atoms with E-state index in [1.54, 1.807) is 12.1 Å². The minimum atomic E-state index is -1.26. The molecule has 1 aliphatic heterocycles. The smallest absolute Gasteiger partial charge is 0.338 e. The number of benzene rings is 2. The van der Waals surface area contributed by atoms with Crippen LogP contribution in [0.15, 0.2) is 42.5 Å². The van der Waals surface area contributed by atoms with Gasteiger partial charge in [-0.1, -0.05) is 36.4 Å². The van der Waals surface area contributed by atoms with E-state index in [9.17, 15) is 14.0 Å². The number of aromatic carboxylic acids is 1. The summed E-state index contributed by atoms with van der Waals surface area (Å²) in [4.78, 5) is 23.8. The van der Waals surface area contributed by atoms with E-state index in [1.807, 2.05) is 29.2 Å². The molecule has 2 aromatic carbocycles. The highest BCUT2D eigenvalue weighted by Crippen LogP contribution is 2.64. The highest BCUT2D eigenvalue weighted by Gasteiger charge is 2.55. The predicted molar refractivity (Wildman–Crippen MR) is 95.5 cm³/mol. The maximum Gasteiger partial charge on any atom is 0.338 e. The van der Waals surface area contributed by atoms with E-state index in [0.29, 0.717) is 22.5 Å². The zero-order valence-electron chi connectivity index (χ0n) is 14.3. The van der Waals surface area contributed by atoms with Gasteiger partial charge < -0.3 is 10.0 Å². The molecule has 1 saturated carbocycles. The second kappa shape index (κ2) is 6.24. The molecule has 1 spiro atoms. The van der Waals surface area contributed by atoms with Crippen LogP contribution in [0.4, 0.5) is 4.39 Å². The van der Waals surface area contributed by atoms with Crippen molar-refractivity contribution in [3.05, 3.63) is 59.4 Å².